The Bertz CT molecular complexity index is 710. The predicted molar refractivity (Wildman–Crippen MR) is 89.7 cm³/mol. The summed E-state index contributed by atoms with van der Waals surface area (Å²) < 4.78 is 1.68. The molecular weight excluding hydrogens is 310 g/mol. The summed E-state index contributed by atoms with van der Waals surface area (Å²) in [5.74, 6) is 1.01. The number of carbonyl (C=O) groups excluding carboxylic acids is 1. The number of hydrogen-bond donors (Lipinski definition) is 1. The third kappa shape index (κ3) is 3.90. The first-order valence-corrected chi connectivity index (χ1v) is 8.81. The van der Waals surface area contributed by atoms with E-state index in [-0.39, 0.29) is 11.9 Å². The zero-order valence-electron chi connectivity index (χ0n) is 13.6. The van der Waals surface area contributed by atoms with Crippen LogP contribution >= 0.6 is 11.8 Å². The van der Waals surface area contributed by atoms with Crippen LogP contribution in [0.3, 0.4) is 0 Å². The third-order valence-corrected chi connectivity index (χ3v) is 5.15. The minimum absolute atomic E-state index is 0.0315. The van der Waals surface area contributed by atoms with Gasteiger partial charge in [0.2, 0.25) is 11.1 Å². The highest BCUT2D eigenvalue weighted by Gasteiger charge is 2.28. The van der Waals surface area contributed by atoms with Crippen molar-refractivity contribution >= 4 is 17.7 Å². The van der Waals surface area contributed by atoms with Crippen LogP contribution in [0.5, 0.6) is 0 Å². The van der Waals surface area contributed by atoms with E-state index in [2.05, 4.69) is 41.6 Å². The predicted octanol–water partition coefficient (Wildman–Crippen LogP) is 2.29. The van der Waals surface area contributed by atoms with E-state index in [9.17, 15) is 4.79 Å². The molecule has 1 aromatic heterocycles. The van der Waals surface area contributed by atoms with E-state index in [1.807, 2.05) is 18.2 Å². The van der Waals surface area contributed by atoms with Gasteiger partial charge in [-0.3, -0.25) is 4.79 Å². The normalized spacial score (nSPS) is 15.4. The molecule has 1 atom stereocenters. The summed E-state index contributed by atoms with van der Waals surface area (Å²) in [4.78, 5) is 12.0. The van der Waals surface area contributed by atoms with Crippen molar-refractivity contribution in [1.82, 2.24) is 25.5 Å². The molecule has 6 nitrogen and oxygen atoms in total. The molecule has 1 fully saturated rings. The first-order valence-electron chi connectivity index (χ1n) is 7.83. The Morgan fingerprint density at radius 3 is 2.87 bits per heavy atom. The second-order valence-electron chi connectivity index (χ2n) is 6.12. The van der Waals surface area contributed by atoms with Gasteiger partial charge in [0.25, 0.3) is 0 Å². The van der Waals surface area contributed by atoms with Gasteiger partial charge in [-0.15, -0.1) is 5.10 Å². The van der Waals surface area contributed by atoms with Gasteiger partial charge in [-0.2, -0.15) is 4.68 Å². The fraction of sp³-hybridized carbons (Fsp3) is 0.500. The molecular formula is C16H21N5OS. The van der Waals surface area contributed by atoms with Crippen LogP contribution in [0.15, 0.2) is 23.4 Å². The van der Waals surface area contributed by atoms with Crippen LogP contribution in [0, 0.1) is 19.8 Å². The molecule has 1 unspecified atom stereocenters. The van der Waals surface area contributed by atoms with Crippen LogP contribution in [0.2, 0.25) is 0 Å². The van der Waals surface area contributed by atoms with Crippen molar-refractivity contribution in [2.24, 2.45) is 5.92 Å². The standard InChI is InChI=1S/C16H21N5OS/c1-10-4-7-14(8-11(10)2)21-16(18-19-20-21)23-9-15(22)17-12(3)13-5-6-13/h4,7-8,12-13H,5-6,9H2,1-3H3,(H,17,22). The van der Waals surface area contributed by atoms with Crippen molar-refractivity contribution < 1.29 is 4.79 Å². The van der Waals surface area contributed by atoms with Gasteiger partial charge in [0.1, 0.15) is 0 Å². The van der Waals surface area contributed by atoms with Gasteiger partial charge in [-0.1, -0.05) is 17.8 Å². The number of benzene rings is 1. The zero-order valence-corrected chi connectivity index (χ0v) is 14.4. The van der Waals surface area contributed by atoms with Gasteiger partial charge in [-0.25, -0.2) is 0 Å². The lowest BCUT2D eigenvalue weighted by atomic mass is 10.1. The van der Waals surface area contributed by atoms with Gasteiger partial charge >= 0.3 is 0 Å². The molecule has 0 aliphatic heterocycles. The Balaban J connectivity index is 1.63. The van der Waals surface area contributed by atoms with Gasteiger partial charge in [0, 0.05) is 6.04 Å². The van der Waals surface area contributed by atoms with Crippen LogP contribution in [0.1, 0.15) is 30.9 Å². The van der Waals surface area contributed by atoms with E-state index < -0.39 is 0 Å². The number of nitrogens with one attached hydrogen (secondary N) is 1. The number of aromatic nitrogens is 4. The van der Waals surface area contributed by atoms with Gasteiger partial charge < -0.3 is 5.32 Å². The second kappa shape index (κ2) is 6.70. The lowest BCUT2D eigenvalue weighted by Crippen LogP contribution is -2.35. The van der Waals surface area contributed by atoms with Crippen LogP contribution < -0.4 is 5.32 Å². The van der Waals surface area contributed by atoms with Crippen molar-refractivity contribution in [3.05, 3.63) is 29.3 Å². The maximum atomic E-state index is 12.0. The quantitative estimate of drug-likeness (QED) is 0.822. The molecule has 1 heterocycles. The molecule has 1 aliphatic carbocycles. The Hall–Kier alpha value is -1.89. The molecule has 1 N–H and O–H groups in total. The fourth-order valence-corrected chi connectivity index (χ4v) is 3.13. The zero-order chi connectivity index (χ0) is 16.4. The Kier molecular flexibility index (Phi) is 4.66. The summed E-state index contributed by atoms with van der Waals surface area (Å²) in [7, 11) is 0. The number of tetrazole rings is 1. The van der Waals surface area contributed by atoms with Crippen molar-refractivity contribution in [3.63, 3.8) is 0 Å². The third-order valence-electron chi connectivity index (χ3n) is 4.23. The van der Waals surface area contributed by atoms with E-state index >= 15 is 0 Å². The molecule has 0 spiro atoms. The molecule has 0 bridgehead atoms. The highest BCUT2D eigenvalue weighted by Crippen LogP contribution is 2.32. The molecule has 1 aromatic carbocycles. The largest absolute Gasteiger partial charge is 0.353 e. The van der Waals surface area contributed by atoms with Crippen molar-refractivity contribution in [1.29, 1.82) is 0 Å². The number of carbonyl (C=O) groups is 1. The van der Waals surface area contributed by atoms with Gasteiger partial charge in [-0.05, 0) is 73.2 Å². The molecule has 3 rings (SSSR count). The summed E-state index contributed by atoms with van der Waals surface area (Å²) in [5, 5.41) is 15.5. The van der Waals surface area contributed by atoms with E-state index in [4.69, 9.17) is 0 Å². The molecule has 1 amide bonds. The smallest absolute Gasteiger partial charge is 0.230 e. The summed E-state index contributed by atoms with van der Waals surface area (Å²) >= 11 is 1.36. The number of aryl methyl sites for hydroxylation is 2. The monoisotopic (exact) mass is 331 g/mol. The number of hydrogen-bond acceptors (Lipinski definition) is 5. The first-order chi connectivity index (χ1) is 11.0. The average molecular weight is 331 g/mol. The fourth-order valence-electron chi connectivity index (χ4n) is 2.43. The molecule has 23 heavy (non-hydrogen) atoms. The van der Waals surface area contributed by atoms with E-state index in [0.29, 0.717) is 16.8 Å². The second-order valence-corrected chi connectivity index (χ2v) is 7.07. The van der Waals surface area contributed by atoms with E-state index in [0.717, 1.165) is 5.69 Å². The molecule has 2 aromatic rings. The first kappa shape index (κ1) is 16.0. The summed E-state index contributed by atoms with van der Waals surface area (Å²) in [5.41, 5.74) is 3.32. The summed E-state index contributed by atoms with van der Waals surface area (Å²) in [6, 6.07) is 6.34. The van der Waals surface area contributed by atoms with Crippen molar-refractivity contribution in [2.45, 2.75) is 44.8 Å². The van der Waals surface area contributed by atoms with Crippen LogP contribution in [0.25, 0.3) is 5.69 Å². The topological polar surface area (TPSA) is 72.7 Å². The SMILES string of the molecule is Cc1ccc(-n2nnnc2SCC(=O)NC(C)C2CC2)cc1C. The highest BCUT2D eigenvalue weighted by atomic mass is 32.2. The number of amides is 1. The molecule has 1 saturated carbocycles. The summed E-state index contributed by atoms with van der Waals surface area (Å²) in [6.45, 7) is 6.20. The number of rotatable bonds is 6. The van der Waals surface area contributed by atoms with Crippen molar-refractivity contribution in [3.8, 4) is 5.69 Å². The number of thioether (sulfide) groups is 1. The van der Waals surface area contributed by atoms with Gasteiger partial charge in [0.05, 0.1) is 11.4 Å². The lowest BCUT2D eigenvalue weighted by molar-refractivity contribution is -0.119. The Morgan fingerprint density at radius 2 is 2.17 bits per heavy atom. The average Bonchev–Trinajstić information content (AvgIpc) is 3.27. The van der Waals surface area contributed by atoms with E-state index in [1.165, 1.54) is 35.7 Å². The highest BCUT2D eigenvalue weighted by molar-refractivity contribution is 7.99. The minimum Gasteiger partial charge on any atom is -0.353 e. The molecule has 7 heteroatoms. The van der Waals surface area contributed by atoms with Crippen LogP contribution in [-0.2, 0) is 4.79 Å². The van der Waals surface area contributed by atoms with Crippen LogP contribution in [0.4, 0.5) is 0 Å². The maximum absolute atomic E-state index is 12.0. The summed E-state index contributed by atoms with van der Waals surface area (Å²) in [6.07, 6.45) is 2.44. The minimum atomic E-state index is 0.0315. The molecule has 0 radical (unpaired) electrons. The molecule has 122 valence electrons. The maximum Gasteiger partial charge on any atom is 0.230 e. The Labute approximate surface area is 140 Å². The lowest BCUT2D eigenvalue weighted by Gasteiger charge is -2.12. The van der Waals surface area contributed by atoms with Gasteiger partial charge in [0.15, 0.2) is 0 Å². The van der Waals surface area contributed by atoms with Crippen molar-refractivity contribution in [2.75, 3.05) is 5.75 Å². The van der Waals surface area contributed by atoms with E-state index in [1.54, 1.807) is 4.68 Å². The van der Waals surface area contributed by atoms with Crippen LogP contribution in [-0.4, -0.2) is 37.9 Å². The Morgan fingerprint density at radius 1 is 1.39 bits per heavy atom. The number of nitrogens with zero attached hydrogens (tertiary/aromatic N) is 4. The molecule has 0 saturated heterocycles. The molecule has 1 aliphatic rings.